The number of amides is 4. The van der Waals surface area contributed by atoms with Crippen molar-refractivity contribution in [1.82, 2.24) is 15.5 Å². The number of nitrogens with one attached hydrogen (secondary N) is 2. The molecular weight excluding hydrogens is 312 g/mol. The maximum absolute atomic E-state index is 12.5. The Kier molecular flexibility index (Phi) is 7.97. The van der Waals surface area contributed by atoms with Crippen LogP contribution in [-0.2, 0) is 14.3 Å². The number of morpholine rings is 1. The van der Waals surface area contributed by atoms with E-state index in [0.717, 1.165) is 0 Å². The minimum atomic E-state index is -0.757. The van der Waals surface area contributed by atoms with Crippen LogP contribution < -0.4 is 16.4 Å². The number of nitrogens with two attached hydrogens (primary N) is 1. The Morgan fingerprint density at radius 3 is 2.12 bits per heavy atom. The summed E-state index contributed by atoms with van der Waals surface area (Å²) < 4.78 is 5.22. The minimum Gasteiger partial charge on any atom is -0.378 e. The third-order valence-corrected chi connectivity index (χ3v) is 3.89. The van der Waals surface area contributed by atoms with E-state index in [-0.39, 0.29) is 23.8 Å². The van der Waals surface area contributed by atoms with E-state index in [1.807, 2.05) is 13.8 Å². The molecule has 0 bridgehead atoms. The second-order valence-corrected chi connectivity index (χ2v) is 6.86. The highest BCUT2D eigenvalue weighted by atomic mass is 16.5. The van der Waals surface area contributed by atoms with Gasteiger partial charge in [0.25, 0.3) is 0 Å². The first-order valence-corrected chi connectivity index (χ1v) is 8.45. The highest BCUT2D eigenvalue weighted by Crippen LogP contribution is 2.09. The summed E-state index contributed by atoms with van der Waals surface area (Å²) in [5, 5.41) is 5.43. The summed E-state index contributed by atoms with van der Waals surface area (Å²) in [5.41, 5.74) is 5.34. The molecule has 1 aliphatic rings. The molecule has 0 aromatic heterocycles. The Labute approximate surface area is 143 Å². The van der Waals surface area contributed by atoms with E-state index in [1.165, 1.54) is 0 Å². The Morgan fingerprint density at radius 2 is 1.67 bits per heavy atom. The van der Waals surface area contributed by atoms with Crippen molar-refractivity contribution in [3.8, 4) is 0 Å². The zero-order chi connectivity index (χ0) is 18.3. The molecule has 0 spiro atoms. The van der Waals surface area contributed by atoms with Gasteiger partial charge in [-0.15, -0.1) is 0 Å². The SMILES string of the molecule is CC(C)C[C@H](NC(=O)N1CCOCC1)C(=O)N[C@H](C(N)=O)C(C)C. The largest absolute Gasteiger partial charge is 0.378 e. The van der Waals surface area contributed by atoms with Crippen molar-refractivity contribution >= 4 is 17.8 Å². The molecule has 4 N–H and O–H groups in total. The van der Waals surface area contributed by atoms with Crippen LogP contribution in [-0.4, -0.2) is 61.1 Å². The third-order valence-electron chi connectivity index (χ3n) is 3.89. The smallest absolute Gasteiger partial charge is 0.318 e. The van der Waals surface area contributed by atoms with Crippen LogP contribution in [0, 0.1) is 11.8 Å². The number of primary amides is 1. The fourth-order valence-corrected chi connectivity index (χ4v) is 2.53. The number of ether oxygens (including phenoxy) is 1. The van der Waals surface area contributed by atoms with Gasteiger partial charge in [0, 0.05) is 13.1 Å². The first-order valence-electron chi connectivity index (χ1n) is 8.45. The molecule has 1 saturated heterocycles. The fourth-order valence-electron chi connectivity index (χ4n) is 2.53. The normalized spacial score (nSPS) is 17.5. The lowest BCUT2D eigenvalue weighted by atomic mass is 10.00. The van der Waals surface area contributed by atoms with Gasteiger partial charge in [0.05, 0.1) is 13.2 Å². The molecule has 138 valence electrons. The van der Waals surface area contributed by atoms with Crippen molar-refractivity contribution in [2.45, 2.75) is 46.2 Å². The lowest BCUT2D eigenvalue weighted by Crippen LogP contribution is -2.57. The number of rotatable bonds is 7. The van der Waals surface area contributed by atoms with Crippen LogP contribution in [0.3, 0.4) is 0 Å². The van der Waals surface area contributed by atoms with Gasteiger partial charge in [0.2, 0.25) is 11.8 Å². The molecule has 1 fully saturated rings. The molecule has 1 aliphatic heterocycles. The van der Waals surface area contributed by atoms with Crippen LogP contribution in [0.1, 0.15) is 34.1 Å². The molecule has 1 heterocycles. The highest BCUT2D eigenvalue weighted by Gasteiger charge is 2.29. The van der Waals surface area contributed by atoms with Gasteiger partial charge in [-0.3, -0.25) is 9.59 Å². The van der Waals surface area contributed by atoms with Gasteiger partial charge in [-0.05, 0) is 18.3 Å². The summed E-state index contributed by atoms with van der Waals surface area (Å²) in [6, 6.07) is -1.76. The second kappa shape index (κ2) is 9.46. The molecule has 24 heavy (non-hydrogen) atoms. The molecule has 1 rings (SSSR count). The number of nitrogens with zero attached hydrogens (tertiary/aromatic N) is 1. The van der Waals surface area contributed by atoms with Crippen LogP contribution in [0.4, 0.5) is 4.79 Å². The van der Waals surface area contributed by atoms with Crippen molar-refractivity contribution in [1.29, 1.82) is 0 Å². The quantitative estimate of drug-likeness (QED) is 0.607. The average molecular weight is 342 g/mol. The monoisotopic (exact) mass is 342 g/mol. The summed E-state index contributed by atoms with van der Waals surface area (Å²) in [7, 11) is 0. The zero-order valence-electron chi connectivity index (χ0n) is 15.0. The van der Waals surface area contributed by atoms with E-state index < -0.39 is 18.0 Å². The lowest BCUT2D eigenvalue weighted by molar-refractivity contribution is -0.129. The van der Waals surface area contributed by atoms with Gasteiger partial charge in [-0.2, -0.15) is 0 Å². The summed E-state index contributed by atoms with van der Waals surface area (Å²) in [6.07, 6.45) is 0.478. The summed E-state index contributed by atoms with van der Waals surface area (Å²) in [4.78, 5) is 38.0. The van der Waals surface area contributed by atoms with Crippen molar-refractivity contribution < 1.29 is 19.1 Å². The predicted molar refractivity (Wildman–Crippen MR) is 90.1 cm³/mol. The van der Waals surface area contributed by atoms with Crippen LogP contribution >= 0.6 is 0 Å². The molecule has 8 nitrogen and oxygen atoms in total. The number of carbonyl (C=O) groups is 3. The number of hydrogen-bond donors (Lipinski definition) is 3. The van der Waals surface area contributed by atoms with E-state index in [9.17, 15) is 14.4 Å². The fraction of sp³-hybridized carbons (Fsp3) is 0.812. The summed E-state index contributed by atoms with van der Waals surface area (Å²) in [6.45, 7) is 9.52. The first kappa shape index (κ1) is 20.2. The standard InChI is InChI=1S/C16H30N4O4/c1-10(2)9-12(15(22)19-13(11(3)4)14(17)21)18-16(23)20-5-7-24-8-6-20/h10-13H,5-9H2,1-4H3,(H2,17,21)(H,18,23)(H,19,22)/t12-,13-/m0/s1. The van der Waals surface area contributed by atoms with Gasteiger partial charge in [-0.25, -0.2) is 4.79 Å². The van der Waals surface area contributed by atoms with Gasteiger partial charge in [-0.1, -0.05) is 27.7 Å². The Balaban J connectivity index is 2.73. The van der Waals surface area contributed by atoms with Gasteiger partial charge >= 0.3 is 6.03 Å². The molecule has 2 atom stereocenters. The van der Waals surface area contributed by atoms with Crippen molar-refractivity contribution in [2.75, 3.05) is 26.3 Å². The van der Waals surface area contributed by atoms with Crippen LogP contribution in [0.15, 0.2) is 0 Å². The third kappa shape index (κ3) is 6.35. The number of carbonyl (C=O) groups excluding carboxylic acids is 3. The topological polar surface area (TPSA) is 114 Å². The highest BCUT2D eigenvalue weighted by molar-refractivity contribution is 5.91. The van der Waals surface area contributed by atoms with E-state index in [0.29, 0.717) is 32.7 Å². The van der Waals surface area contributed by atoms with E-state index >= 15 is 0 Å². The molecule has 0 saturated carbocycles. The molecular formula is C16H30N4O4. The molecule has 0 aliphatic carbocycles. The van der Waals surface area contributed by atoms with Crippen LogP contribution in [0.25, 0.3) is 0 Å². The van der Waals surface area contributed by atoms with Crippen molar-refractivity contribution in [2.24, 2.45) is 17.6 Å². The zero-order valence-corrected chi connectivity index (χ0v) is 15.0. The Hall–Kier alpha value is -1.83. The number of urea groups is 1. The van der Waals surface area contributed by atoms with Crippen molar-refractivity contribution in [3.63, 3.8) is 0 Å². The van der Waals surface area contributed by atoms with Crippen LogP contribution in [0.2, 0.25) is 0 Å². The van der Waals surface area contributed by atoms with E-state index in [1.54, 1.807) is 18.7 Å². The summed E-state index contributed by atoms with van der Waals surface area (Å²) in [5.74, 6) is -0.887. The molecule has 0 aromatic carbocycles. The maximum atomic E-state index is 12.5. The number of hydrogen-bond acceptors (Lipinski definition) is 4. The molecule has 0 unspecified atom stereocenters. The molecule has 0 radical (unpaired) electrons. The van der Waals surface area contributed by atoms with E-state index in [2.05, 4.69) is 10.6 Å². The average Bonchev–Trinajstić information content (AvgIpc) is 2.51. The Bertz CT molecular complexity index is 447. The van der Waals surface area contributed by atoms with Gasteiger partial charge in [0.15, 0.2) is 0 Å². The van der Waals surface area contributed by atoms with Crippen LogP contribution in [0.5, 0.6) is 0 Å². The van der Waals surface area contributed by atoms with Crippen molar-refractivity contribution in [3.05, 3.63) is 0 Å². The molecule has 0 aromatic rings. The van der Waals surface area contributed by atoms with E-state index in [4.69, 9.17) is 10.5 Å². The van der Waals surface area contributed by atoms with Gasteiger partial charge in [0.1, 0.15) is 12.1 Å². The Morgan fingerprint density at radius 1 is 1.08 bits per heavy atom. The first-order chi connectivity index (χ1) is 11.2. The minimum absolute atomic E-state index is 0.124. The molecule has 8 heteroatoms. The predicted octanol–water partition coefficient (Wildman–Crippen LogP) is 0.0690. The maximum Gasteiger partial charge on any atom is 0.318 e. The lowest BCUT2D eigenvalue weighted by Gasteiger charge is -2.30. The molecule has 4 amide bonds. The van der Waals surface area contributed by atoms with Gasteiger partial charge < -0.3 is 26.0 Å². The second-order valence-electron chi connectivity index (χ2n) is 6.86. The summed E-state index contributed by atoms with van der Waals surface area (Å²) >= 11 is 0.